The Morgan fingerprint density at radius 2 is 2.00 bits per heavy atom. The Bertz CT molecular complexity index is 364. The summed E-state index contributed by atoms with van der Waals surface area (Å²) in [4.78, 5) is 19.0. The van der Waals surface area contributed by atoms with Crippen LogP contribution in [0.15, 0.2) is 24.3 Å². The summed E-state index contributed by atoms with van der Waals surface area (Å²) in [7, 11) is 0. The largest absolute Gasteiger partial charge is 0.502 e. The van der Waals surface area contributed by atoms with E-state index in [4.69, 9.17) is 10.2 Å². The number of hydrogen-bond donors (Lipinski definition) is 2. The van der Waals surface area contributed by atoms with Gasteiger partial charge in [0.05, 0.1) is 4.92 Å². The molecule has 2 N–H and O–H groups in total. The molecule has 0 aliphatic rings. The number of nitrogens with zero attached hydrogens (tertiary/aromatic N) is 1. The van der Waals surface area contributed by atoms with E-state index in [1.165, 1.54) is 24.3 Å². The number of nitro benzene ring substituents is 1. The van der Waals surface area contributed by atoms with Crippen LogP contribution in [0.4, 0.5) is 5.69 Å². The molecule has 0 fully saturated rings. The molecule has 16 heavy (non-hydrogen) atoms. The summed E-state index contributed by atoms with van der Waals surface area (Å²) in [6.45, 7) is 1.84. The molecule has 88 valence electrons. The zero-order valence-corrected chi connectivity index (χ0v) is 8.79. The van der Waals surface area contributed by atoms with Gasteiger partial charge in [0.15, 0.2) is 5.75 Å². The lowest BCUT2D eigenvalue weighted by Crippen LogP contribution is -1.90. The van der Waals surface area contributed by atoms with Crippen LogP contribution in [0.25, 0.3) is 0 Å². The van der Waals surface area contributed by atoms with Crippen molar-refractivity contribution < 1.29 is 19.9 Å². The summed E-state index contributed by atoms with van der Waals surface area (Å²) >= 11 is 0. The van der Waals surface area contributed by atoms with Gasteiger partial charge < -0.3 is 10.2 Å². The number of hydrogen-bond acceptors (Lipinski definition) is 4. The summed E-state index contributed by atoms with van der Waals surface area (Å²) in [5.74, 6) is -1.01. The number of phenolic OH excluding ortho intramolecular Hbond substituents is 1. The number of phenols is 1. The molecule has 6 heteroatoms. The number of nitro groups is 1. The summed E-state index contributed by atoms with van der Waals surface area (Å²) < 4.78 is 0. The van der Waals surface area contributed by atoms with E-state index >= 15 is 0 Å². The lowest BCUT2D eigenvalue weighted by Gasteiger charge is -1.91. The second-order valence-corrected chi connectivity index (χ2v) is 2.89. The van der Waals surface area contributed by atoms with E-state index in [2.05, 4.69) is 0 Å². The van der Waals surface area contributed by atoms with E-state index in [9.17, 15) is 14.9 Å². The van der Waals surface area contributed by atoms with Crippen LogP contribution in [0.5, 0.6) is 5.75 Å². The van der Waals surface area contributed by atoms with Crippen molar-refractivity contribution in [1.29, 1.82) is 0 Å². The Hall–Kier alpha value is -2.11. The molecule has 1 aromatic carbocycles. The molecular weight excluding hydrogens is 214 g/mol. The summed E-state index contributed by atoms with van der Waals surface area (Å²) in [6.07, 6.45) is 1.02. The maximum absolute atomic E-state index is 10.1. The minimum Gasteiger partial charge on any atom is -0.502 e. The van der Waals surface area contributed by atoms with Crippen molar-refractivity contribution in [2.24, 2.45) is 0 Å². The zero-order chi connectivity index (χ0) is 12.6. The quantitative estimate of drug-likeness (QED) is 0.608. The summed E-state index contributed by atoms with van der Waals surface area (Å²) in [6, 6.07) is 5.55. The molecule has 0 aromatic heterocycles. The molecule has 0 heterocycles. The van der Waals surface area contributed by atoms with Crippen LogP contribution in [-0.4, -0.2) is 21.1 Å². The number of aliphatic carboxylic acids is 1. The Morgan fingerprint density at radius 1 is 1.44 bits per heavy atom. The molecule has 0 aliphatic carbocycles. The monoisotopic (exact) mass is 227 g/mol. The van der Waals surface area contributed by atoms with Crippen molar-refractivity contribution in [2.75, 3.05) is 0 Å². The van der Waals surface area contributed by atoms with Gasteiger partial charge in [-0.15, -0.1) is 0 Å². The van der Waals surface area contributed by atoms with Gasteiger partial charge >= 0.3 is 11.7 Å². The van der Waals surface area contributed by atoms with E-state index in [-0.39, 0.29) is 11.4 Å². The van der Waals surface area contributed by atoms with Crippen LogP contribution in [0.2, 0.25) is 0 Å². The summed E-state index contributed by atoms with van der Waals surface area (Å²) in [5.41, 5.74) is -0.262. The number of rotatable bonds is 3. The third kappa shape index (κ3) is 5.58. The zero-order valence-electron chi connectivity index (χ0n) is 8.79. The van der Waals surface area contributed by atoms with Gasteiger partial charge in [0.1, 0.15) is 0 Å². The fourth-order valence-corrected chi connectivity index (χ4v) is 0.832. The minimum atomic E-state index is -0.711. The third-order valence-electron chi connectivity index (χ3n) is 1.54. The SMILES string of the molecule is CCCC(=O)O.O=[N+]([O-])c1ccccc1O. The van der Waals surface area contributed by atoms with Gasteiger partial charge in [-0.3, -0.25) is 14.9 Å². The molecule has 0 saturated carbocycles. The molecule has 1 aromatic rings. The Kier molecular flexibility index (Phi) is 6.27. The summed E-state index contributed by atoms with van der Waals surface area (Å²) in [5, 5.41) is 26.8. The molecule has 0 aliphatic heterocycles. The highest BCUT2D eigenvalue weighted by molar-refractivity contribution is 5.66. The van der Waals surface area contributed by atoms with Gasteiger partial charge in [-0.05, 0) is 12.5 Å². The van der Waals surface area contributed by atoms with Gasteiger partial charge in [0.2, 0.25) is 0 Å². The predicted octanol–water partition coefficient (Wildman–Crippen LogP) is 2.17. The van der Waals surface area contributed by atoms with Crippen molar-refractivity contribution in [3.05, 3.63) is 34.4 Å². The van der Waals surface area contributed by atoms with Gasteiger partial charge in [-0.1, -0.05) is 19.1 Å². The van der Waals surface area contributed by atoms with Crippen molar-refractivity contribution in [3.63, 3.8) is 0 Å². The van der Waals surface area contributed by atoms with E-state index < -0.39 is 10.9 Å². The van der Waals surface area contributed by atoms with Crippen molar-refractivity contribution in [1.82, 2.24) is 0 Å². The molecule has 0 atom stereocenters. The molecule has 0 radical (unpaired) electrons. The van der Waals surface area contributed by atoms with Crippen molar-refractivity contribution >= 4 is 11.7 Å². The lowest BCUT2D eigenvalue weighted by molar-refractivity contribution is -0.385. The number of carbonyl (C=O) groups is 1. The normalized spacial score (nSPS) is 8.81. The van der Waals surface area contributed by atoms with Crippen LogP contribution in [0.1, 0.15) is 19.8 Å². The smallest absolute Gasteiger partial charge is 0.310 e. The molecule has 0 unspecified atom stereocenters. The van der Waals surface area contributed by atoms with Gasteiger partial charge in [0.25, 0.3) is 0 Å². The van der Waals surface area contributed by atoms with Crippen LogP contribution in [0, 0.1) is 10.1 Å². The molecule has 0 bridgehead atoms. The molecule has 0 saturated heterocycles. The van der Waals surface area contributed by atoms with E-state index in [1.807, 2.05) is 6.92 Å². The lowest BCUT2D eigenvalue weighted by atomic mass is 10.3. The second-order valence-electron chi connectivity index (χ2n) is 2.89. The first-order valence-corrected chi connectivity index (χ1v) is 4.63. The van der Waals surface area contributed by atoms with E-state index in [0.717, 1.165) is 6.42 Å². The van der Waals surface area contributed by atoms with Crippen LogP contribution in [0.3, 0.4) is 0 Å². The van der Waals surface area contributed by atoms with Crippen LogP contribution in [-0.2, 0) is 4.79 Å². The number of aromatic hydroxyl groups is 1. The number of carboxylic acid groups (broad SMARTS) is 1. The van der Waals surface area contributed by atoms with Gasteiger partial charge in [0, 0.05) is 12.5 Å². The van der Waals surface area contributed by atoms with Gasteiger partial charge in [-0.25, -0.2) is 0 Å². The molecule has 0 spiro atoms. The average Bonchev–Trinajstić information content (AvgIpc) is 2.18. The molecule has 0 amide bonds. The van der Waals surface area contributed by atoms with Crippen molar-refractivity contribution in [2.45, 2.75) is 19.8 Å². The van der Waals surface area contributed by atoms with Crippen molar-refractivity contribution in [3.8, 4) is 5.75 Å². The molecule has 1 rings (SSSR count). The highest BCUT2D eigenvalue weighted by Crippen LogP contribution is 2.23. The number of benzene rings is 1. The number of carboxylic acids is 1. The maximum atomic E-state index is 10.1. The first-order valence-electron chi connectivity index (χ1n) is 4.63. The number of para-hydroxylation sites is 2. The second kappa shape index (κ2) is 7.22. The maximum Gasteiger partial charge on any atom is 0.310 e. The van der Waals surface area contributed by atoms with Crippen LogP contribution >= 0.6 is 0 Å². The minimum absolute atomic E-state index is 0.262. The Balaban J connectivity index is 0.000000325. The third-order valence-corrected chi connectivity index (χ3v) is 1.54. The fraction of sp³-hybridized carbons (Fsp3) is 0.300. The standard InChI is InChI=1S/C6H5NO3.C4H8O2/c8-6-4-2-1-3-5(6)7(9)10;1-2-3-4(5)6/h1-4,8H;2-3H2,1H3,(H,5,6). The molecule has 6 nitrogen and oxygen atoms in total. The Labute approximate surface area is 92.3 Å². The van der Waals surface area contributed by atoms with E-state index in [0.29, 0.717) is 6.42 Å². The predicted molar refractivity (Wildman–Crippen MR) is 57.3 cm³/mol. The topological polar surface area (TPSA) is 101 Å². The highest BCUT2D eigenvalue weighted by Gasteiger charge is 2.09. The Morgan fingerprint density at radius 3 is 2.25 bits per heavy atom. The average molecular weight is 227 g/mol. The van der Waals surface area contributed by atoms with E-state index in [1.54, 1.807) is 0 Å². The van der Waals surface area contributed by atoms with Crippen LogP contribution < -0.4 is 0 Å². The van der Waals surface area contributed by atoms with Gasteiger partial charge in [-0.2, -0.15) is 0 Å². The first kappa shape index (κ1) is 13.9. The fourth-order valence-electron chi connectivity index (χ4n) is 0.832. The first-order chi connectivity index (χ1) is 7.49. The molecular formula is C10H13NO5. The highest BCUT2D eigenvalue weighted by atomic mass is 16.6.